The van der Waals surface area contributed by atoms with E-state index in [1.165, 1.54) is 37.7 Å². The maximum atomic E-state index is 4.43. The molecular weight excluding hydrogens is 244 g/mol. The fourth-order valence-corrected chi connectivity index (χ4v) is 3.21. The Balaban J connectivity index is 1.83. The van der Waals surface area contributed by atoms with E-state index in [2.05, 4.69) is 46.7 Å². The average Bonchev–Trinajstić information content (AvgIpc) is 2.55. The van der Waals surface area contributed by atoms with Gasteiger partial charge in [-0.1, -0.05) is 55.7 Å². The van der Waals surface area contributed by atoms with Gasteiger partial charge in [-0.15, -0.1) is 0 Å². The third kappa shape index (κ3) is 3.19. The van der Waals surface area contributed by atoms with E-state index in [-0.39, 0.29) is 0 Å². The molecule has 1 aromatic heterocycles. The van der Waals surface area contributed by atoms with Crippen LogP contribution in [-0.2, 0) is 0 Å². The van der Waals surface area contributed by atoms with Gasteiger partial charge in [-0.3, -0.25) is 0 Å². The highest BCUT2D eigenvalue weighted by molar-refractivity contribution is 5.38. The quantitative estimate of drug-likeness (QED) is 0.858. The predicted molar refractivity (Wildman–Crippen MR) is 83.6 cm³/mol. The molecule has 104 valence electrons. The Morgan fingerprint density at radius 1 is 0.900 bits per heavy atom. The van der Waals surface area contributed by atoms with Crippen LogP contribution in [0.1, 0.15) is 43.7 Å². The van der Waals surface area contributed by atoms with E-state index in [1.54, 1.807) is 0 Å². The maximum Gasteiger partial charge on any atom is 0.126 e. The number of pyridine rings is 1. The molecule has 20 heavy (non-hydrogen) atoms. The molecule has 0 aliphatic heterocycles. The lowest BCUT2D eigenvalue weighted by molar-refractivity contribution is 0.320. The summed E-state index contributed by atoms with van der Waals surface area (Å²) in [5, 5.41) is 3.65. The van der Waals surface area contributed by atoms with Gasteiger partial charge in [0.05, 0.1) is 6.04 Å². The van der Waals surface area contributed by atoms with Gasteiger partial charge in [-0.25, -0.2) is 4.98 Å². The van der Waals surface area contributed by atoms with Gasteiger partial charge in [0.25, 0.3) is 0 Å². The van der Waals surface area contributed by atoms with E-state index < -0.39 is 0 Å². The first-order chi connectivity index (χ1) is 9.93. The fourth-order valence-electron chi connectivity index (χ4n) is 3.21. The van der Waals surface area contributed by atoms with Crippen LogP contribution < -0.4 is 5.32 Å². The molecule has 2 aromatic rings. The lowest BCUT2D eigenvalue weighted by atomic mass is 9.81. The third-order valence-corrected chi connectivity index (χ3v) is 4.25. The monoisotopic (exact) mass is 266 g/mol. The van der Waals surface area contributed by atoms with E-state index in [9.17, 15) is 0 Å². The number of aromatic nitrogens is 1. The zero-order chi connectivity index (χ0) is 13.6. The second-order valence-electron chi connectivity index (χ2n) is 5.65. The van der Waals surface area contributed by atoms with Crippen LogP contribution in [0, 0.1) is 5.92 Å². The van der Waals surface area contributed by atoms with Crippen molar-refractivity contribution in [1.82, 2.24) is 4.98 Å². The Morgan fingerprint density at radius 3 is 2.35 bits per heavy atom. The number of rotatable bonds is 4. The minimum absolute atomic E-state index is 0.381. The standard InChI is InChI=1S/C18H22N2/c1-3-9-15(10-4-1)18(16-11-5-2-6-12-16)20-17-13-7-8-14-19-17/h1,3-4,7-10,13-14,16,18H,2,5-6,11-12H2,(H,19,20)/t18-/m1/s1. The number of anilines is 1. The van der Waals surface area contributed by atoms with Gasteiger partial charge in [-0.05, 0) is 36.5 Å². The summed E-state index contributed by atoms with van der Waals surface area (Å²) in [4.78, 5) is 4.43. The first kappa shape index (κ1) is 13.2. The predicted octanol–water partition coefficient (Wildman–Crippen LogP) is 4.82. The number of nitrogens with one attached hydrogen (secondary N) is 1. The van der Waals surface area contributed by atoms with Crippen molar-refractivity contribution in [3.8, 4) is 0 Å². The van der Waals surface area contributed by atoms with E-state index >= 15 is 0 Å². The van der Waals surface area contributed by atoms with Crippen LogP contribution >= 0.6 is 0 Å². The molecule has 2 nitrogen and oxygen atoms in total. The van der Waals surface area contributed by atoms with Gasteiger partial charge >= 0.3 is 0 Å². The van der Waals surface area contributed by atoms with Crippen LogP contribution in [0.3, 0.4) is 0 Å². The summed E-state index contributed by atoms with van der Waals surface area (Å²) in [6, 6.07) is 17.2. The van der Waals surface area contributed by atoms with Crippen molar-refractivity contribution >= 4 is 5.82 Å². The first-order valence-corrected chi connectivity index (χ1v) is 7.66. The molecule has 2 heteroatoms. The molecule has 0 saturated heterocycles. The minimum Gasteiger partial charge on any atom is -0.363 e. The molecule has 0 bridgehead atoms. The molecule has 1 heterocycles. The van der Waals surface area contributed by atoms with E-state index in [1.807, 2.05) is 18.3 Å². The Kier molecular flexibility index (Phi) is 4.32. The maximum absolute atomic E-state index is 4.43. The highest BCUT2D eigenvalue weighted by Crippen LogP contribution is 2.36. The first-order valence-electron chi connectivity index (χ1n) is 7.66. The summed E-state index contributed by atoms with van der Waals surface area (Å²) in [5.74, 6) is 1.69. The topological polar surface area (TPSA) is 24.9 Å². The van der Waals surface area contributed by atoms with Gasteiger partial charge < -0.3 is 5.32 Å². The Labute approximate surface area is 121 Å². The largest absolute Gasteiger partial charge is 0.363 e. The van der Waals surface area contributed by atoms with Crippen LogP contribution in [-0.4, -0.2) is 4.98 Å². The van der Waals surface area contributed by atoms with Crippen LogP contribution in [0.5, 0.6) is 0 Å². The SMILES string of the molecule is c1ccc([C@@H](Nc2ccccn2)C2CCCCC2)cc1. The zero-order valence-electron chi connectivity index (χ0n) is 11.8. The highest BCUT2D eigenvalue weighted by atomic mass is 15.0. The van der Waals surface area contributed by atoms with Crippen molar-refractivity contribution in [2.75, 3.05) is 5.32 Å². The molecule has 1 aliphatic rings. The Morgan fingerprint density at radius 2 is 1.65 bits per heavy atom. The van der Waals surface area contributed by atoms with E-state index in [0.717, 1.165) is 5.82 Å². The fraction of sp³-hybridized carbons (Fsp3) is 0.389. The molecule has 1 aromatic carbocycles. The summed E-state index contributed by atoms with van der Waals surface area (Å²) >= 11 is 0. The van der Waals surface area contributed by atoms with Crippen molar-refractivity contribution < 1.29 is 0 Å². The summed E-state index contributed by atoms with van der Waals surface area (Å²) in [6.45, 7) is 0. The van der Waals surface area contributed by atoms with Crippen molar-refractivity contribution in [1.29, 1.82) is 0 Å². The second-order valence-corrected chi connectivity index (χ2v) is 5.65. The van der Waals surface area contributed by atoms with Gasteiger partial charge in [0.2, 0.25) is 0 Å². The van der Waals surface area contributed by atoms with Crippen LogP contribution in [0.4, 0.5) is 5.82 Å². The molecule has 1 N–H and O–H groups in total. The Bertz CT molecular complexity index is 503. The summed E-state index contributed by atoms with van der Waals surface area (Å²) < 4.78 is 0. The normalized spacial score (nSPS) is 17.6. The van der Waals surface area contributed by atoms with Crippen LogP contribution in [0.15, 0.2) is 54.7 Å². The molecule has 0 spiro atoms. The third-order valence-electron chi connectivity index (χ3n) is 4.25. The van der Waals surface area contributed by atoms with Gasteiger partial charge in [0.1, 0.15) is 5.82 Å². The number of hydrogen-bond donors (Lipinski definition) is 1. The van der Waals surface area contributed by atoms with Crippen LogP contribution in [0.2, 0.25) is 0 Å². The second kappa shape index (κ2) is 6.56. The summed E-state index contributed by atoms with van der Waals surface area (Å²) in [5.41, 5.74) is 1.38. The van der Waals surface area contributed by atoms with Gasteiger partial charge in [0.15, 0.2) is 0 Å². The molecule has 3 rings (SSSR count). The molecule has 0 amide bonds. The lowest BCUT2D eigenvalue weighted by Crippen LogP contribution is -2.23. The molecular formula is C18H22N2. The summed E-state index contributed by atoms with van der Waals surface area (Å²) in [7, 11) is 0. The van der Waals surface area contributed by atoms with E-state index in [0.29, 0.717) is 12.0 Å². The van der Waals surface area contributed by atoms with Crippen molar-refractivity contribution in [2.24, 2.45) is 5.92 Å². The van der Waals surface area contributed by atoms with Crippen molar-refractivity contribution in [3.05, 3.63) is 60.3 Å². The minimum atomic E-state index is 0.381. The number of hydrogen-bond acceptors (Lipinski definition) is 2. The van der Waals surface area contributed by atoms with Gasteiger partial charge in [-0.2, -0.15) is 0 Å². The van der Waals surface area contributed by atoms with Crippen molar-refractivity contribution in [3.63, 3.8) is 0 Å². The zero-order valence-corrected chi connectivity index (χ0v) is 11.8. The summed E-state index contributed by atoms with van der Waals surface area (Å²) in [6.07, 6.45) is 8.60. The van der Waals surface area contributed by atoms with Gasteiger partial charge in [0, 0.05) is 6.20 Å². The molecule has 0 radical (unpaired) electrons. The molecule has 0 unspecified atom stereocenters. The molecule has 1 fully saturated rings. The lowest BCUT2D eigenvalue weighted by Gasteiger charge is -2.31. The number of nitrogens with zero attached hydrogens (tertiary/aromatic N) is 1. The average molecular weight is 266 g/mol. The molecule has 1 aliphatic carbocycles. The van der Waals surface area contributed by atoms with Crippen molar-refractivity contribution in [2.45, 2.75) is 38.1 Å². The smallest absolute Gasteiger partial charge is 0.126 e. The van der Waals surface area contributed by atoms with E-state index in [4.69, 9.17) is 0 Å². The molecule has 1 atom stereocenters. The Hall–Kier alpha value is -1.83. The number of benzene rings is 1. The highest BCUT2D eigenvalue weighted by Gasteiger charge is 2.25. The van der Waals surface area contributed by atoms with Crippen LogP contribution in [0.25, 0.3) is 0 Å². The molecule has 1 saturated carbocycles.